The zero-order chi connectivity index (χ0) is 46.0. The van der Waals surface area contributed by atoms with Crippen LogP contribution >= 0.6 is 0 Å². The second-order valence-electron chi connectivity index (χ2n) is 19.1. The van der Waals surface area contributed by atoms with Crippen LogP contribution in [-0.4, -0.2) is 4.57 Å². The van der Waals surface area contributed by atoms with Crippen LogP contribution in [0.4, 0.5) is 17.1 Å². The highest BCUT2D eigenvalue weighted by Gasteiger charge is 2.51. The Balaban J connectivity index is 1.01. The van der Waals surface area contributed by atoms with Crippen LogP contribution in [0.15, 0.2) is 267 Å². The van der Waals surface area contributed by atoms with Gasteiger partial charge in [0.1, 0.15) is 0 Å². The van der Waals surface area contributed by atoms with Crippen LogP contribution in [-0.2, 0) is 10.8 Å². The predicted molar refractivity (Wildman–Crippen MR) is 289 cm³/mol. The molecule has 3 aliphatic rings. The molecule has 0 saturated heterocycles. The summed E-state index contributed by atoms with van der Waals surface area (Å²) in [6.45, 7) is 0. The summed E-state index contributed by atoms with van der Waals surface area (Å²) in [5, 5.41) is 2.57. The molecule has 0 radical (unpaired) electrons. The van der Waals surface area contributed by atoms with Crippen LogP contribution in [0.25, 0.3) is 60.9 Å². The van der Waals surface area contributed by atoms with E-state index in [4.69, 9.17) is 0 Å². The van der Waals surface area contributed by atoms with E-state index in [-0.39, 0.29) is 0 Å². The minimum Gasteiger partial charge on any atom is -0.310 e. The molecule has 0 bridgehead atoms. The first-order valence-electron chi connectivity index (χ1n) is 24.4. The fraction of sp³-hybridized carbons (Fsp3) is 0.0294. The number of fused-ring (bicyclic) bond motifs is 15. The molecule has 11 aromatic carbocycles. The van der Waals surface area contributed by atoms with Gasteiger partial charge in [0.25, 0.3) is 0 Å². The third-order valence-corrected chi connectivity index (χ3v) is 15.9. The third kappa shape index (κ3) is 5.07. The van der Waals surface area contributed by atoms with Gasteiger partial charge < -0.3 is 9.47 Å². The second-order valence-corrected chi connectivity index (χ2v) is 19.1. The molecule has 2 heterocycles. The smallest absolute Gasteiger partial charge is 0.0754 e. The topological polar surface area (TPSA) is 8.17 Å². The molecule has 0 fully saturated rings. The average molecular weight is 889 g/mol. The molecule has 2 nitrogen and oxygen atoms in total. The summed E-state index contributed by atoms with van der Waals surface area (Å²) < 4.78 is 2.52. The molecule has 12 aromatic rings. The molecule has 1 atom stereocenters. The lowest BCUT2D eigenvalue weighted by Gasteiger charge is -2.39. The van der Waals surface area contributed by atoms with E-state index in [2.05, 4.69) is 276 Å². The average Bonchev–Trinajstić information content (AvgIpc) is 4.05. The Labute approximate surface area is 407 Å². The van der Waals surface area contributed by atoms with Crippen molar-refractivity contribution in [2.45, 2.75) is 10.8 Å². The molecule has 0 N–H and O–H groups in total. The number of rotatable bonds is 6. The van der Waals surface area contributed by atoms with E-state index >= 15 is 0 Å². The quantitative estimate of drug-likeness (QED) is 0.161. The highest BCUT2D eigenvalue weighted by molar-refractivity contribution is 6.13. The third-order valence-electron chi connectivity index (χ3n) is 15.9. The number of nitrogens with zero attached hydrogens (tertiary/aromatic N) is 2. The van der Waals surface area contributed by atoms with Crippen molar-refractivity contribution in [3.63, 3.8) is 0 Å². The van der Waals surface area contributed by atoms with Crippen molar-refractivity contribution < 1.29 is 0 Å². The van der Waals surface area contributed by atoms with Crippen LogP contribution in [0.1, 0.15) is 44.5 Å². The Bertz CT molecular complexity index is 4010. The summed E-state index contributed by atoms with van der Waals surface area (Å²) in [5.74, 6) is 0. The van der Waals surface area contributed by atoms with Gasteiger partial charge in [0.05, 0.1) is 33.2 Å². The molecule has 0 amide bonds. The van der Waals surface area contributed by atoms with E-state index in [1.54, 1.807) is 0 Å². The molecular weight excluding hydrogens is 845 g/mol. The Morgan fingerprint density at radius 1 is 0.314 bits per heavy atom. The molecular formula is C68H44N2. The maximum Gasteiger partial charge on any atom is 0.0754 e. The van der Waals surface area contributed by atoms with E-state index < -0.39 is 10.8 Å². The van der Waals surface area contributed by atoms with E-state index in [9.17, 15) is 0 Å². The van der Waals surface area contributed by atoms with Crippen molar-refractivity contribution in [1.82, 2.24) is 4.57 Å². The van der Waals surface area contributed by atoms with Crippen LogP contribution in [0.3, 0.4) is 0 Å². The lowest BCUT2D eigenvalue weighted by atomic mass is 9.65. The van der Waals surface area contributed by atoms with Crippen LogP contribution in [0, 0.1) is 0 Å². The van der Waals surface area contributed by atoms with Gasteiger partial charge in [-0.05, 0) is 115 Å². The van der Waals surface area contributed by atoms with Gasteiger partial charge in [-0.1, -0.05) is 224 Å². The van der Waals surface area contributed by atoms with Crippen LogP contribution in [0.5, 0.6) is 0 Å². The summed E-state index contributed by atoms with van der Waals surface area (Å²) in [5.41, 5.74) is 23.8. The fourth-order valence-corrected chi connectivity index (χ4v) is 13.2. The maximum absolute atomic E-state index is 2.53. The van der Waals surface area contributed by atoms with Gasteiger partial charge in [-0.3, -0.25) is 0 Å². The lowest BCUT2D eigenvalue weighted by Crippen LogP contribution is -2.33. The van der Waals surface area contributed by atoms with E-state index in [0.29, 0.717) is 0 Å². The van der Waals surface area contributed by atoms with Crippen LogP contribution < -0.4 is 4.90 Å². The molecule has 1 unspecified atom stereocenters. The first-order valence-corrected chi connectivity index (χ1v) is 24.4. The molecule has 70 heavy (non-hydrogen) atoms. The summed E-state index contributed by atoms with van der Waals surface area (Å²) in [6, 6.07) is 99.8. The van der Waals surface area contributed by atoms with E-state index in [1.807, 2.05) is 0 Å². The Kier molecular flexibility index (Phi) is 8.24. The molecule has 0 saturated carbocycles. The van der Waals surface area contributed by atoms with Crippen molar-refractivity contribution in [1.29, 1.82) is 0 Å². The van der Waals surface area contributed by atoms with E-state index in [0.717, 1.165) is 17.1 Å². The highest BCUT2D eigenvalue weighted by Crippen LogP contribution is 2.63. The van der Waals surface area contributed by atoms with Gasteiger partial charge in [0.15, 0.2) is 0 Å². The summed E-state index contributed by atoms with van der Waals surface area (Å²) in [7, 11) is 0. The molecule has 2 aliphatic carbocycles. The van der Waals surface area contributed by atoms with Crippen LogP contribution in [0.2, 0.25) is 0 Å². The van der Waals surface area contributed by atoms with Gasteiger partial charge in [-0.15, -0.1) is 0 Å². The minimum atomic E-state index is -0.537. The molecule has 1 spiro atoms. The largest absolute Gasteiger partial charge is 0.310 e. The molecule has 2 heteroatoms. The zero-order valence-electron chi connectivity index (χ0n) is 38.3. The Hall–Kier alpha value is -8.98. The second kappa shape index (κ2) is 14.8. The van der Waals surface area contributed by atoms with Crippen molar-refractivity contribution in [2.24, 2.45) is 0 Å². The standard InChI is InChI=1S/C68H44N2/c1-4-20-45(21-5-1)46-38-40-49(41-39-46)69(64-37-19-33-60-65(64)54-28-11-14-31-57(54)67(60,47-22-6-2-7-23-47)48-24-8-3-9-25-48)50-42-43-58-55(44-50)51-26-10-13-30-56(51)68(58)59-32-15-17-36-63(59)70-62-35-16-12-27-52(62)53-29-18-34-61(68)66(53)70/h1-44H. The first kappa shape index (κ1) is 39.1. The first-order chi connectivity index (χ1) is 34.8. The summed E-state index contributed by atoms with van der Waals surface area (Å²) >= 11 is 0. The normalized spacial score (nSPS) is 15.3. The molecule has 1 aromatic heterocycles. The van der Waals surface area contributed by atoms with Gasteiger partial charge in [-0.25, -0.2) is 0 Å². The van der Waals surface area contributed by atoms with Gasteiger partial charge in [-0.2, -0.15) is 0 Å². The number of para-hydroxylation sites is 3. The number of aromatic nitrogens is 1. The van der Waals surface area contributed by atoms with Crippen molar-refractivity contribution in [3.05, 3.63) is 311 Å². The summed E-state index contributed by atoms with van der Waals surface area (Å²) in [6.07, 6.45) is 0. The Morgan fingerprint density at radius 2 is 0.843 bits per heavy atom. The monoisotopic (exact) mass is 888 g/mol. The van der Waals surface area contributed by atoms with Crippen molar-refractivity contribution >= 4 is 38.9 Å². The fourth-order valence-electron chi connectivity index (χ4n) is 13.2. The van der Waals surface area contributed by atoms with Gasteiger partial charge in [0.2, 0.25) is 0 Å². The maximum atomic E-state index is 2.53. The number of benzene rings is 11. The molecule has 1 aliphatic heterocycles. The minimum absolute atomic E-state index is 0.533. The number of anilines is 3. The number of hydrogen-bond acceptors (Lipinski definition) is 1. The van der Waals surface area contributed by atoms with Crippen molar-refractivity contribution in [2.75, 3.05) is 4.90 Å². The molecule has 326 valence electrons. The Morgan fingerprint density at radius 3 is 1.60 bits per heavy atom. The highest BCUT2D eigenvalue weighted by atomic mass is 15.1. The predicted octanol–water partition coefficient (Wildman–Crippen LogP) is 17.0. The lowest BCUT2D eigenvalue weighted by molar-refractivity contribution is 0.748. The van der Waals surface area contributed by atoms with Gasteiger partial charge in [0, 0.05) is 27.7 Å². The van der Waals surface area contributed by atoms with Gasteiger partial charge >= 0.3 is 0 Å². The van der Waals surface area contributed by atoms with Crippen molar-refractivity contribution in [3.8, 4) is 39.1 Å². The zero-order valence-corrected chi connectivity index (χ0v) is 38.3. The molecule has 15 rings (SSSR count). The summed E-state index contributed by atoms with van der Waals surface area (Å²) in [4.78, 5) is 2.53. The SMILES string of the molecule is c1ccc(-c2ccc(N(c3ccc4c(c3)-c3ccccc3C43c4ccccc4-n4c5ccccc5c5cccc3c54)c3cccc4c3-c3ccccc3C4(c3ccccc3)c3ccccc3)cc2)cc1. The van der Waals surface area contributed by atoms with E-state index in [1.165, 1.54) is 105 Å². The number of hydrogen-bond donors (Lipinski definition) is 0.